The fraction of sp³-hybridized carbons (Fsp3) is 0.917. The topological polar surface area (TPSA) is 32.3 Å². The molecule has 0 spiro atoms. The summed E-state index contributed by atoms with van der Waals surface area (Å²) in [6.45, 7) is 2.58. The SMILES string of the molecule is C[C@@H]1C[C@H](F)CN1C(=O)CNC1CCCC1. The van der Waals surface area contributed by atoms with Gasteiger partial charge in [-0.25, -0.2) is 4.39 Å². The van der Waals surface area contributed by atoms with Crippen LogP contribution in [0.25, 0.3) is 0 Å². The fourth-order valence-corrected chi connectivity index (χ4v) is 2.78. The zero-order valence-electron chi connectivity index (χ0n) is 9.92. The predicted octanol–water partition coefficient (Wildman–Crippen LogP) is 1.48. The first-order valence-electron chi connectivity index (χ1n) is 6.33. The highest BCUT2D eigenvalue weighted by Crippen LogP contribution is 2.20. The molecule has 0 aromatic rings. The second-order valence-corrected chi connectivity index (χ2v) is 5.09. The molecule has 0 unspecified atom stereocenters. The first-order chi connectivity index (χ1) is 7.66. The molecule has 2 atom stereocenters. The number of halogens is 1. The van der Waals surface area contributed by atoms with Crippen molar-refractivity contribution in [2.45, 2.75) is 57.3 Å². The van der Waals surface area contributed by atoms with E-state index in [0.717, 1.165) is 0 Å². The smallest absolute Gasteiger partial charge is 0.236 e. The van der Waals surface area contributed by atoms with E-state index in [1.54, 1.807) is 4.90 Å². The number of nitrogens with zero attached hydrogens (tertiary/aromatic N) is 1. The van der Waals surface area contributed by atoms with Gasteiger partial charge in [-0.1, -0.05) is 12.8 Å². The number of likely N-dealkylation sites (tertiary alicyclic amines) is 1. The molecule has 2 aliphatic rings. The van der Waals surface area contributed by atoms with Crippen molar-refractivity contribution in [2.24, 2.45) is 0 Å². The largest absolute Gasteiger partial charge is 0.336 e. The molecule has 92 valence electrons. The van der Waals surface area contributed by atoms with Gasteiger partial charge in [0.05, 0.1) is 13.1 Å². The van der Waals surface area contributed by atoms with E-state index in [-0.39, 0.29) is 18.5 Å². The Balaban J connectivity index is 1.74. The lowest BCUT2D eigenvalue weighted by molar-refractivity contribution is -0.131. The molecule has 0 aromatic heterocycles. The average molecular weight is 228 g/mol. The predicted molar refractivity (Wildman–Crippen MR) is 60.9 cm³/mol. The van der Waals surface area contributed by atoms with E-state index in [1.807, 2.05) is 6.92 Å². The molecule has 1 N–H and O–H groups in total. The molecule has 1 aliphatic carbocycles. The van der Waals surface area contributed by atoms with Crippen LogP contribution in [0.2, 0.25) is 0 Å². The van der Waals surface area contributed by atoms with Crippen LogP contribution in [0.3, 0.4) is 0 Å². The summed E-state index contributed by atoms with van der Waals surface area (Å²) in [5.41, 5.74) is 0. The Kier molecular flexibility index (Phi) is 3.79. The van der Waals surface area contributed by atoms with Crippen molar-refractivity contribution >= 4 is 5.91 Å². The van der Waals surface area contributed by atoms with Gasteiger partial charge in [0.25, 0.3) is 0 Å². The molecule has 2 rings (SSSR count). The third-order valence-corrected chi connectivity index (χ3v) is 3.74. The minimum atomic E-state index is -0.828. The summed E-state index contributed by atoms with van der Waals surface area (Å²) in [7, 11) is 0. The van der Waals surface area contributed by atoms with Gasteiger partial charge in [-0.2, -0.15) is 0 Å². The van der Waals surface area contributed by atoms with Gasteiger partial charge >= 0.3 is 0 Å². The lowest BCUT2D eigenvalue weighted by Gasteiger charge is -2.22. The molecule has 1 aliphatic heterocycles. The molecule has 1 amide bonds. The third kappa shape index (κ3) is 2.73. The lowest BCUT2D eigenvalue weighted by Crippen LogP contribution is -2.42. The molecule has 0 aromatic carbocycles. The summed E-state index contributed by atoms with van der Waals surface area (Å²) in [5.74, 6) is 0.0551. The minimum Gasteiger partial charge on any atom is -0.336 e. The van der Waals surface area contributed by atoms with E-state index in [9.17, 15) is 9.18 Å². The standard InChI is InChI=1S/C12H21FN2O/c1-9-6-10(13)8-15(9)12(16)7-14-11-4-2-3-5-11/h9-11,14H,2-8H2,1H3/t9-,10+/m1/s1. The van der Waals surface area contributed by atoms with Crippen LogP contribution < -0.4 is 5.32 Å². The highest BCUT2D eigenvalue weighted by Gasteiger charge is 2.32. The Hall–Kier alpha value is -0.640. The number of nitrogens with one attached hydrogen (secondary N) is 1. The Morgan fingerprint density at radius 1 is 1.44 bits per heavy atom. The summed E-state index contributed by atoms with van der Waals surface area (Å²) in [6.07, 6.45) is 4.54. The monoisotopic (exact) mass is 228 g/mol. The quantitative estimate of drug-likeness (QED) is 0.793. The van der Waals surface area contributed by atoms with Gasteiger partial charge in [0.1, 0.15) is 6.17 Å². The maximum atomic E-state index is 13.1. The Morgan fingerprint density at radius 2 is 2.12 bits per heavy atom. The Bertz CT molecular complexity index is 253. The van der Waals surface area contributed by atoms with Crippen LogP contribution in [0.1, 0.15) is 39.0 Å². The van der Waals surface area contributed by atoms with E-state index in [0.29, 0.717) is 19.0 Å². The van der Waals surface area contributed by atoms with Crippen LogP contribution in [0, 0.1) is 0 Å². The molecule has 4 heteroatoms. The summed E-state index contributed by atoms with van der Waals surface area (Å²) in [5, 5.41) is 3.28. The molecule has 16 heavy (non-hydrogen) atoms. The second kappa shape index (κ2) is 5.13. The van der Waals surface area contributed by atoms with Crippen molar-refractivity contribution in [3.63, 3.8) is 0 Å². The molecule has 3 nitrogen and oxygen atoms in total. The molecule has 1 saturated carbocycles. The third-order valence-electron chi connectivity index (χ3n) is 3.74. The van der Waals surface area contributed by atoms with Gasteiger partial charge in [-0.15, -0.1) is 0 Å². The van der Waals surface area contributed by atoms with Crippen LogP contribution in [0.15, 0.2) is 0 Å². The van der Waals surface area contributed by atoms with Crippen LogP contribution in [-0.2, 0) is 4.79 Å². The summed E-state index contributed by atoms with van der Waals surface area (Å²) >= 11 is 0. The van der Waals surface area contributed by atoms with Crippen molar-refractivity contribution in [1.82, 2.24) is 10.2 Å². The first kappa shape index (κ1) is 11.8. The zero-order chi connectivity index (χ0) is 11.5. The van der Waals surface area contributed by atoms with Crippen LogP contribution in [-0.4, -0.2) is 42.2 Å². The maximum Gasteiger partial charge on any atom is 0.236 e. The van der Waals surface area contributed by atoms with E-state index < -0.39 is 6.17 Å². The Morgan fingerprint density at radius 3 is 2.69 bits per heavy atom. The van der Waals surface area contributed by atoms with Gasteiger partial charge in [0, 0.05) is 18.5 Å². The first-order valence-corrected chi connectivity index (χ1v) is 6.33. The van der Waals surface area contributed by atoms with Gasteiger partial charge in [0.15, 0.2) is 0 Å². The van der Waals surface area contributed by atoms with Crippen LogP contribution >= 0.6 is 0 Å². The average Bonchev–Trinajstić information content (AvgIpc) is 2.84. The molecule has 0 bridgehead atoms. The van der Waals surface area contributed by atoms with Crippen molar-refractivity contribution in [2.75, 3.05) is 13.1 Å². The number of alkyl halides is 1. The summed E-state index contributed by atoms with van der Waals surface area (Å²) in [4.78, 5) is 13.5. The maximum absolute atomic E-state index is 13.1. The molecule has 0 radical (unpaired) electrons. The minimum absolute atomic E-state index is 0.0551. The summed E-state index contributed by atoms with van der Waals surface area (Å²) in [6, 6.07) is 0.566. The van der Waals surface area contributed by atoms with Crippen molar-refractivity contribution in [3.05, 3.63) is 0 Å². The van der Waals surface area contributed by atoms with Crippen LogP contribution in [0.5, 0.6) is 0 Å². The van der Waals surface area contributed by atoms with E-state index in [2.05, 4.69) is 5.32 Å². The molecule has 1 saturated heterocycles. The highest BCUT2D eigenvalue weighted by molar-refractivity contribution is 5.79. The number of carbonyl (C=O) groups is 1. The van der Waals surface area contributed by atoms with E-state index in [1.165, 1.54) is 25.7 Å². The van der Waals surface area contributed by atoms with Crippen molar-refractivity contribution < 1.29 is 9.18 Å². The van der Waals surface area contributed by atoms with Crippen molar-refractivity contribution in [3.8, 4) is 0 Å². The van der Waals surface area contributed by atoms with Crippen LogP contribution in [0.4, 0.5) is 4.39 Å². The molecular formula is C12H21FN2O. The zero-order valence-corrected chi connectivity index (χ0v) is 9.92. The number of hydrogen-bond donors (Lipinski definition) is 1. The van der Waals surface area contributed by atoms with Gasteiger partial charge in [-0.3, -0.25) is 4.79 Å². The van der Waals surface area contributed by atoms with Gasteiger partial charge in [0.2, 0.25) is 5.91 Å². The molecule has 1 heterocycles. The van der Waals surface area contributed by atoms with Crippen molar-refractivity contribution in [1.29, 1.82) is 0 Å². The lowest BCUT2D eigenvalue weighted by atomic mass is 10.2. The van der Waals surface area contributed by atoms with E-state index in [4.69, 9.17) is 0 Å². The molecule has 2 fully saturated rings. The highest BCUT2D eigenvalue weighted by atomic mass is 19.1. The van der Waals surface area contributed by atoms with Gasteiger partial charge in [-0.05, 0) is 19.8 Å². The second-order valence-electron chi connectivity index (χ2n) is 5.09. The summed E-state index contributed by atoms with van der Waals surface area (Å²) < 4.78 is 13.1. The van der Waals surface area contributed by atoms with Gasteiger partial charge < -0.3 is 10.2 Å². The Labute approximate surface area is 96.4 Å². The normalized spacial score (nSPS) is 31.2. The number of rotatable bonds is 3. The number of carbonyl (C=O) groups excluding carboxylic acids is 1. The number of amides is 1. The number of hydrogen-bond acceptors (Lipinski definition) is 2. The van der Waals surface area contributed by atoms with E-state index >= 15 is 0 Å². The molecular weight excluding hydrogens is 207 g/mol. The fourth-order valence-electron chi connectivity index (χ4n) is 2.78.